The topological polar surface area (TPSA) is 32.7 Å². The van der Waals surface area contributed by atoms with Crippen molar-refractivity contribution >= 4 is 0 Å². The van der Waals surface area contributed by atoms with E-state index in [0.29, 0.717) is 6.04 Å². The molecule has 0 aromatic rings. The van der Waals surface area contributed by atoms with Gasteiger partial charge in [-0.1, -0.05) is 19.3 Å². The smallest absolute Gasteiger partial charge is 0.0593 e. The number of rotatable bonds is 7. The molecule has 0 aliphatic heterocycles. The van der Waals surface area contributed by atoms with E-state index in [0.717, 1.165) is 26.3 Å². The molecular weight excluding hydrogens is 190 g/mol. The predicted octanol–water partition coefficient (Wildman–Crippen LogP) is 1.65. The molecule has 0 spiro atoms. The fraction of sp³-hybridized carbons (Fsp3) is 1.00. The molecule has 15 heavy (non-hydrogen) atoms. The van der Waals surface area contributed by atoms with Crippen LogP contribution in [0.3, 0.4) is 0 Å². The second kappa shape index (κ2) is 8.08. The van der Waals surface area contributed by atoms with Crippen LogP contribution in [0.25, 0.3) is 0 Å². The van der Waals surface area contributed by atoms with E-state index in [9.17, 15) is 0 Å². The summed E-state index contributed by atoms with van der Waals surface area (Å²) < 4.78 is 5.38. The van der Waals surface area contributed by atoms with Gasteiger partial charge in [-0.2, -0.15) is 0 Å². The Bertz CT molecular complexity index is 147. The minimum atomic E-state index is 0.266. The molecule has 3 heteroatoms. The Morgan fingerprint density at radius 3 is 2.53 bits per heavy atom. The summed E-state index contributed by atoms with van der Waals surface area (Å²) in [5.41, 5.74) is 0. The standard InChI is InChI=1S/C12H25NO2/c1-2-15-11-9-13(8-10-14)12-6-4-3-5-7-12/h12,14H,2-11H2,1H3. The van der Waals surface area contributed by atoms with Crippen molar-refractivity contribution in [2.75, 3.05) is 32.9 Å². The molecule has 0 radical (unpaired) electrons. The van der Waals surface area contributed by atoms with Gasteiger partial charge in [0.05, 0.1) is 13.2 Å². The van der Waals surface area contributed by atoms with Gasteiger partial charge in [-0.25, -0.2) is 0 Å². The lowest BCUT2D eigenvalue weighted by Crippen LogP contribution is -2.40. The molecule has 0 amide bonds. The van der Waals surface area contributed by atoms with Crippen molar-refractivity contribution in [1.82, 2.24) is 4.90 Å². The first-order valence-corrected chi connectivity index (χ1v) is 6.31. The highest BCUT2D eigenvalue weighted by Gasteiger charge is 2.19. The monoisotopic (exact) mass is 215 g/mol. The Morgan fingerprint density at radius 1 is 1.20 bits per heavy atom. The highest BCUT2D eigenvalue weighted by atomic mass is 16.5. The summed E-state index contributed by atoms with van der Waals surface area (Å²) in [6.45, 7) is 5.65. The minimum Gasteiger partial charge on any atom is -0.395 e. The van der Waals surface area contributed by atoms with Gasteiger partial charge in [0.2, 0.25) is 0 Å². The lowest BCUT2D eigenvalue weighted by atomic mass is 9.94. The Morgan fingerprint density at radius 2 is 1.93 bits per heavy atom. The van der Waals surface area contributed by atoms with E-state index in [2.05, 4.69) is 4.90 Å². The third-order valence-electron chi connectivity index (χ3n) is 3.21. The summed E-state index contributed by atoms with van der Waals surface area (Å²) in [5, 5.41) is 9.04. The van der Waals surface area contributed by atoms with E-state index in [1.165, 1.54) is 32.1 Å². The van der Waals surface area contributed by atoms with Gasteiger partial charge < -0.3 is 9.84 Å². The number of aliphatic hydroxyl groups is 1. The van der Waals surface area contributed by atoms with Gasteiger partial charge >= 0.3 is 0 Å². The van der Waals surface area contributed by atoms with E-state index in [1.807, 2.05) is 6.92 Å². The SMILES string of the molecule is CCOCCN(CCO)C1CCCCC1. The molecule has 1 fully saturated rings. The molecule has 1 aliphatic rings. The Hall–Kier alpha value is -0.120. The van der Waals surface area contributed by atoms with Crippen LogP contribution in [0, 0.1) is 0 Å². The molecule has 0 unspecified atom stereocenters. The van der Waals surface area contributed by atoms with Crippen LogP contribution >= 0.6 is 0 Å². The number of aliphatic hydroxyl groups excluding tert-OH is 1. The zero-order valence-corrected chi connectivity index (χ0v) is 9.95. The Labute approximate surface area is 93.4 Å². The van der Waals surface area contributed by atoms with Gasteiger partial charge in [0.1, 0.15) is 0 Å². The van der Waals surface area contributed by atoms with E-state index in [4.69, 9.17) is 9.84 Å². The summed E-state index contributed by atoms with van der Waals surface area (Å²) in [5.74, 6) is 0. The molecule has 0 aromatic heterocycles. The van der Waals surface area contributed by atoms with E-state index in [1.54, 1.807) is 0 Å². The van der Waals surface area contributed by atoms with Crippen LogP contribution in [0.15, 0.2) is 0 Å². The third kappa shape index (κ3) is 4.96. The van der Waals surface area contributed by atoms with Crippen LogP contribution in [0.1, 0.15) is 39.0 Å². The third-order valence-corrected chi connectivity index (χ3v) is 3.21. The Kier molecular flexibility index (Phi) is 6.98. The fourth-order valence-electron chi connectivity index (χ4n) is 2.38. The van der Waals surface area contributed by atoms with Gasteiger partial charge in [0, 0.05) is 25.7 Å². The summed E-state index contributed by atoms with van der Waals surface area (Å²) in [6, 6.07) is 0.686. The van der Waals surface area contributed by atoms with Crippen molar-refractivity contribution < 1.29 is 9.84 Å². The Balaban J connectivity index is 2.26. The van der Waals surface area contributed by atoms with Crippen molar-refractivity contribution in [1.29, 1.82) is 0 Å². The predicted molar refractivity (Wildman–Crippen MR) is 62.0 cm³/mol. The maximum absolute atomic E-state index is 9.04. The van der Waals surface area contributed by atoms with Crippen LogP contribution in [0.5, 0.6) is 0 Å². The van der Waals surface area contributed by atoms with Gasteiger partial charge in [-0.3, -0.25) is 4.90 Å². The second-order valence-electron chi connectivity index (χ2n) is 4.25. The second-order valence-corrected chi connectivity index (χ2v) is 4.25. The van der Waals surface area contributed by atoms with E-state index < -0.39 is 0 Å². The van der Waals surface area contributed by atoms with Gasteiger partial charge in [0.25, 0.3) is 0 Å². The first-order chi connectivity index (χ1) is 7.38. The highest BCUT2D eigenvalue weighted by Crippen LogP contribution is 2.22. The molecule has 1 rings (SSSR count). The lowest BCUT2D eigenvalue weighted by Gasteiger charge is -2.33. The number of nitrogens with zero attached hydrogens (tertiary/aromatic N) is 1. The normalized spacial score (nSPS) is 18.6. The van der Waals surface area contributed by atoms with Crippen LogP contribution in [0.2, 0.25) is 0 Å². The van der Waals surface area contributed by atoms with E-state index in [-0.39, 0.29) is 6.61 Å². The molecular formula is C12H25NO2. The fourth-order valence-corrected chi connectivity index (χ4v) is 2.38. The van der Waals surface area contributed by atoms with Gasteiger partial charge in [-0.15, -0.1) is 0 Å². The molecule has 1 N–H and O–H groups in total. The largest absolute Gasteiger partial charge is 0.395 e. The maximum atomic E-state index is 9.04. The maximum Gasteiger partial charge on any atom is 0.0593 e. The first-order valence-electron chi connectivity index (χ1n) is 6.31. The molecule has 3 nitrogen and oxygen atoms in total. The van der Waals surface area contributed by atoms with Crippen LogP contribution in [-0.4, -0.2) is 49.0 Å². The molecule has 0 atom stereocenters. The quantitative estimate of drug-likeness (QED) is 0.655. The van der Waals surface area contributed by atoms with Gasteiger partial charge in [-0.05, 0) is 19.8 Å². The summed E-state index contributed by atoms with van der Waals surface area (Å²) in [6.07, 6.45) is 6.68. The number of ether oxygens (including phenoxy) is 1. The van der Waals surface area contributed by atoms with Crippen molar-refractivity contribution in [2.45, 2.75) is 45.1 Å². The van der Waals surface area contributed by atoms with Crippen LogP contribution in [0.4, 0.5) is 0 Å². The zero-order chi connectivity index (χ0) is 10.9. The average molecular weight is 215 g/mol. The van der Waals surface area contributed by atoms with Crippen molar-refractivity contribution in [3.05, 3.63) is 0 Å². The highest BCUT2D eigenvalue weighted by molar-refractivity contribution is 4.75. The van der Waals surface area contributed by atoms with E-state index >= 15 is 0 Å². The zero-order valence-electron chi connectivity index (χ0n) is 9.95. The van der Waals surface area contributed by atoms with Gasteiger partial charge in [0.15, 0.2) is 0 Å². The lowest BCUT2D eigenvalue weighted by molar-refractivity contribution is 0.0704. The molecule has 1 aliphatic carbocycles. The summed E-state index contributed by atoms with van der Waals surface area (Å²) >= 11 is 0. The van der Waals surface area contributed by atoms with Crippen LogP contribution in [-0.2, 0) is 4.74 Å². The summed E-state index contributed by atoms with van der Waals surface area (Å²) in [7, 11) is 0. The average Bonchev–Trinajstić information content (AvgIpc) is 2.29. The van der Waals surface area contributed by atoms with Crippen molar-refractivity contribution in [2.24, 2.45) is 0 Å². The molecule has 0 heterocycles. The minimum absolute atomic E-state index is 0.266. The molecule has 0 bridgehead atoms. The summed E-state index contributed by atoms with van der Waals surface area (Å²) in [4.78, 5) is 2.40. The molecule has 1 saturated carbocycles. The number of hydrogen-bond donors (Lipinski definition) is 1. The van der Waals surface area contributed by atoms with Crippen molar-refractivity contribution in [3.8, 4) is 0 Å². The van der Waals surface area contributed by atoms with Crippen molar-refractivity contribution in [3.63, 3.8) is 0 Å². The van der Waals surface area contributed by atoms with Crippen LogP contribution < -0.4 is 0 Å². The first kappa shape index (κ1) is 12.9. The molecule has 90 valence electrons. The molecule has 0 aromatic carbocycles. The number of hydrogen-bond acceptors (Lipinski definition) is 3. The molecule has 0 saturated heterocycles.